The van der Waals surface area contributed by atoms with E-state index < -0.39 is 7.94 Å². The molecule has 0 aromatic carbocycles. The Hall–Kier alpha value is 0.310. The molecule has 3 fully saturated rings. The summed E-state index contributed by atoms with van der Waals surface area (Å²) < 4.78 is 12.7. The molecule has 0 bridgehead atoms. The monoisotopic (exact) mass is 344 g/mol. The summed E-state index contributed by atoms with van der Waals surface area (Å²) in [5.41, 5.74) is 0. The van der Waals surface area contributed by atoms with Crippen LogP contribution < -0.4 is 0 Å². The van der Waals surface area contributed by atoms with Crippen LogP contribution >= 0.6 is 7.94 Å². The second-order valence-corrected chi connectivity index (χ2v) is 10.5. The summed E-state index contributed by atoms with van der Waals surface area (Å²) in [6, 6.07) is 0. The fraction of sp³-hybridized carbons (Fsp3) is 1.00. The normalized spacial score (nSPS) is 27.2. The zero-order chi connectivity index (χ0) is 16.0. The van der Waals surface area contributed by atoms with E-state index in [0.29, 0.717) is 5.92 Å². The first-order chi connectivity index (χ1) is 11.2. The summed E-state index contributed by atoms with van der Waals surface area (Å²) >= 11 is 0. The number of hydrogen-bond acceptors (Lipinski definition) is 3. The summed E-state index contributed by atoms with van der Waals surface area (Å²) in [6.45, 7) is 0. The first-order valence-corrected chi connectivity index (χ1v) is 12.3. The van der Waals surface area contributed by atoms with Crippen LogP contribution in [0.5, 0.6) is 0 Å². The summed E-state index contributed by atoms with van der Waals surface area (Å²) in [5, 5.41) is 0. The molecule has 1 N–H and O–H groups in total. The van der Waals surface area contributed by atoms with Gasteiger partial charge >= 0.3 is 142 Å². The van der Waals surface area contributed by atoms with Gasteiger partial charge in [0.15, 0.2) is 0 Å². The molecule has 3 saturated carbocycles. The van der Waals surface area contributed by atoms with Gasteiger partial charge in [0.05, 0.1) is 0 Å². The quantitative estimate of drug-likeness (QED) is 0.623. The van der Waals surface area contributed by atoms with Crippen molar-refractivity contribution in [1.29, 1.82) is 0 Å². The van der Waals surface area contributed by atoms with E-state index in [9.17, 15) is 4.89 Å². The van der Waals surface area contributed by atoms with E-state index >= 15 is 0 Å². The second-order valence-electron chi connectivity index (χ2n) is 8.18. The Morgan fingerprint density at radius 3 is 1.43 bits per heavy atom. The first kappa shape index (κ1) is 18.1. The van der Waals surface area contributed by atoms with Crippen LogP contribution in [0.1, 0.15) is 96.3 Å². The molecule has 0 spiro atoms. The van der Waals surface area contributed by atoms with E-state index in [1.807, 2.05) is 0 Å². The first-order valence-electron chi connectivity index (χ1n) is 10.3. The maximum atomic E-state index is 11.4. The summed E-state index contributed by atoms with van der Waals surface area (Å²) in [6.07, 6.45) is 20.0. The molecule has 136 valence electrons. The van der Waals surface area contributed by atoms with Gasteiger partial charge in [-0.2, -0.15) is 0 Å². The van der Waals surface area contributed by atoms with E-state index in [1.165, 1.54) is 70.6 Å². The standard InChI is InChI=1S/C19H37O3P/c20-23(16-17-10-4-1-5-11-17,21-18-12-6-2-7-13-18)22-19-14-8-3-9-15-19/h17-20,23H,1-16H2. The van der Waals surface area contributed by atoms with E-state index in [-0.39, 0.29) is 12.2 Å². The van der Waals surface area contributed by atoms with Gasteiger partial charge < -0.3 is 0 Å². The SMILES string of the molecule is O[PH](CC1CCCCC1)(OC1CCCCC1)OC1CCCCC1. The molecular formula is C19H37O3P. The van der Waals surface area contributed by atoms with Crippen LogP contribution in [0.4, 0.5) is 0 Å². The van der Waals surface area contributed by atoms with Gasteiger partial charge in [-0.1, -0.05) is 0 Å². The Morgan fingerprint density at radius 2 is 1.00 bits per heavy atom. The molecule has 4 heteroatoms. The molecule has 0 unspecified atom stereocenters. The van der Waals surface area contributed by atoms with Crippen molar-refractivity contribution in [2.24, 2.45) is 5.92 Å². The second kappa shape index (κ2) is 9.13. The van der Waals surface area contributed by atoms with Crippen LogP contribution in [0, 0.1) is 5.92 Å². The van der Waals surface area contributed by atoms with Crippen LogP contribution in [0.3, 0.4) is 0 Å². The summed E-state index contributed by atoms with van der Waals surface area (Å²) in [7, 11) is -3.01. The minimum atomic E-state index is -3.01. The van der Waals surface area contributed by atoms with Crippen LogP contribution in [0.25, 0.3) is 0 Å². The molecule has 3 nitrogen and oxygen atoms in total. The van der Waals surface area contributed by atoms with E-state index in [1.54, 1.807) is 0 Å². The summed E-state index contributed by atoms with van der Waals surface area (Å²) in [4.78, 5) is 11.4. The van der Waals surface area contributed by atoms with Gasteiger partial charge in [0.2, 0.25) is 0 Å². The molecule has 0 heterocycles. The van der Waals surface area contributed by atoms with E-state index in [0.717, 1.165) is 31.8 Å². The van der Waals surface area contributed by atoms with Crippen molar-refractivity contribution in [3.63, 3.8) is 0 Å². The fourth-order valence-electron chi connectivity index (χ4n) is 4.77. The molecule has 3 aliphatic rings. The van der Waals surface area contributed by atoms with Gasteiger partial charge in [0.25, 0.3) is 0 Å². The number of rotatable bonds is 6. The predicted octanol–water partition coefficient (Wildman–Crippen LogP) is 5.75. The molecule has 0 saturated heterocycles. The van der Waals surface area contributed by atoms with Gasteiger partial charge in [-0.15, -0.1) is 0 Å². The molecule has 23 heavy (non-hydrogen) atoms. The molecule has 0 aromatic rings. The number of hydrogen-bond donors (Lipinski definition) is 1. The third-order valence-electron chi connectivity index (χ3n) is 6.08. The molecule has 0 atom stereocenters. The molecule has 3 rings (SSSR count). The Morgan fingerprint density at radius 1 is 0.609 bits per heavy atom. The van der Waals surface area contributed by atoms with Gasteiger partial charge in [0, 0.05) is 0 Å². The molecular weight excluding hydrogens is 307 g/mol. The van der Waals surface area contributed by atoms with Crippen molar-refractivity contribution >= 4 is 7.94 Å². The van der Waals surface area contributed by atoms with Gasteiger partial charge in [-0.05, 0) is 0 Å². The van der Waals surface area contributed by atoms with Crippen molar-refractivity contribution in [3.05, 3.63) is 0 Å². The van der Waals surface area contributed by atoms with Crippen molar-refractivity contribution in [1.82, 2.24) is 0 Å². The molecule has 0 radical (unpaired) electrons. The van der Waals surface area contributed by atoms with Crippen LogP contribution in [0.2, 0.25) is 0 Å². The predicted molar refractivity (Wildman–Crippen MR) is 97.9 cm³/mol. The minimum absolute atomic E-state index is 0.257. The molecule has 0 amide bonds. The van der Waals surface area contributed by atoms with Crippen molar-refractivity contribution < 1.29 is 13.9 Å². The average Bonchev–Trinajstić information content (AvgIpc) is 2.57. The maximum absolute atomic E-state index is 11.4. The Balaban J connectivity index is 1.59. The van der Waals surface area contributed by atoms with Crippen LogP contribution in [-0.4, -0.2) is 23.3 Å². The zero-order valence-electron chi connectivity index (χ0n) is 14.8. The van der Waals surface area contributed by atoms with Crippen LogP contribution in [-0.2, 0) is 9.05 Å². The Kier molecular flexibility index (Phi) is 7.19. The molecule has 0 aliphatic heterocycles. The topological polar surface area (TPSA) is 38.7 Å². The van der Waals surface area contributed by atoms with Gasteiger partial charge in [0.1, 0.15) is 0 Å². The van der Waals surface area contributed by atoms with Crippen molar-refractivity contribution in [2.75, 3.05) is 6.16 Å². The third kappa shape index (κ3) is 5.96. The average molecular weight is 344 g/mol. The van der Waals surface area contributed by atoms with E-state index in [4.69, 9.17) is 9.05 Å². The van der Waals surface area contributed by atoms with Gasteiger partial charge in [-0.25, -0.2) is 0 Å². The van der Waals surface area contributed by atoms with Crippen molar-refractivity contribution in [3.8, 4) is 0 Å². The fourth-order valence-corrected chi connectivity index (χ4v) is 7.67. The summed E-state index contributed by atoms with van der Waals surface area (Å²) in [5.74, 6) is 0.632. The van der Waals surface area contributed by atoms with Crippen LogP contribution in [0.15, 0.2) is 0 Å². The third-order valence-corrected chi connectivity index (χ3v) is 8.57. The Bertz CT molecular complexity index is 281. The molecule has 3 aliphatic carbocycles. The zero-order valence-corrected chi connectivity index (χ0v) is 15.8. The Labute approximate surface area is 143 Å². The van der Waals surface area contributed by atoms with Gasteiger partial charge in [-0.3, -0.25) is 0 Å². The molecule has 0 aromatic heterocycles. The van der Waals surface area contributed by atoms with E-state index in [2.05, 4.69) is 0 Å². The van der Waals surface area contributed by atoms with Crippen molar-refractivity contribution in [2.45, 2.75) is 109 Å².